The number of β-amino-alcohol motifs (C(OH)–C–C–N with tert-alkyl or cyclic N) is 1. The topological polar surface area (TPSA) is 135 Å². The fraction of sp³-hybridized carbons (Fsp3) is 0.391. The lowest BCUT2D eigenvalue weighted by Gasteiger charge is -2.22. The van der Waals surface area contributed by atoms with Gasteiger partial charge in [-0.15, -0.1) is 5.10 Å². The number of carbonyl (C=O) groups is 2. The minimum atomic E-state index is -0.660. The van der Waals surface area contributed by atoms with Gasteiger partial charge >= 0.3 is 5.97 Å². The van der Waals surface area contributed by atoms with Crippen molar-refractivity contribution < 1.29 is 19.4 Å². The monoisotopic (exact) mass is 463 g/mol. The summed E-state index contributed by atoms with van der Waals surface area (Å²) in [5.41, 5.74) is 3.48. The number of hydrogen-bond acceptors (Lipinski definition) is 9. The van der Waals surface area contributed by atoms with Crippen molar-refractivity contribution in [1.82, 2.24) is 35.4 Å². The summed E-state index contributed by atoms with van der Waals surface area (Å²) >= 11 is 0. The summed E-state index contributed by atoms with van der Waals surface area (Å²) in [6.45, 7) is 4.83. The Morgan fingerprint density at radius 2 is 2.21 bits per heavy atom. The standard InChI is InChI=1S/C23H25N7O4/c1-14-16(5-6-17-18(14)12-34-23(17)33)20(31)11-29-8-7-15(10-29)9-24-22(32)19-3-2-4-21(26-19)30-13-25-27-28-30/h2-6,13,15,20,31H,7-12H2,1H3,(H,24,32)/t15?,20-/m1/s1. The molecule has 1 unspecified atom stereocenters. The molecule has 2 atom stereocenters. The number of aromatic nitrogens is 5. The van der Waals surface area contributed by atoms with Crippen molar-refractivity contribution >= 4 is 11.9 Å². The maximum absolute atomic E-state index is 12.6. The van der Waals surface area contributed by atoms with E-state index in [2.05, 4.69) is 30.7 Å². The van der Waals surface area contributed by atoms with Crippen LogP contribution >= 0.6 is 0 Å². The molecule has 0 radical (unpaired) electrons. The first kappa shape index (κ1) is 22.1. The first-order valence-electron chi connectivity index (χ1n) is 11.2. The Kier molecular flexibility index (Phi) is 6.03. The second-order valence-corrected chi connectivity index (χ2v) is 8.66. The van der Waals surface area contributed by atoms with Gasteiger partial charge in [-0.05, 0) is 65.6 Å². The van der Waals surface area contributed by atoms with E-state index in [1.807, 2.05) is 13.0 Å². The second kappa shape index (κ2) is 9.27. The molecule has 1 fully saturated rings. The third-order valence-corrected chi connectivity index (χ3v) is 6.47. The molecule has 5 rings (SSSR count). The van der Waals surface area contributed by atoms with Gasteiger partial charge in [0.15, 0.2) is 5.82 Å². The van der Waals surface area contributed by atoms with Crippen molar-refractivity contribution in [1.29, 1.82) is 0 Å². The number of benzene rings is 1. The molecule has 3 aromatic rings. The fourth-order valence-electron chi connectivity index (χ4n) is 4.59. The number of likely N-dealkylation sites (tertiary alicyclic amines) is 1. The minimum absolute atomic E-state index is 0.251. The maximum atomic E-state index is 12.6. The highest BCUT2D eigenvalue weighted by Gasteiger charge is 2.28. The second-order valence-electron chi connectivity index (χ2n) is 8.66. The number of aliphatic hydroxyl groups is 1. The molecule has 2 aliphatic rings. The lowest BCUT2D eigenvalue weighted by Crippen LogP contribution is -2.32. The van der Waals surface area contributed by atoms with Crippen LogP contribution in [0.1, 0.15) is 50.1 Å². The molecule has 1 saturated heterocycles. The normalized spacial score (nSPS) is 18.5. The molecule has 2 aromatic heterocycles. The molecule has 0 saturated carbocycles. The van der Waals surface area contributed by atoms with Crippen LogP contribution in [0.2, 0.25) is 0 Å². The summed E-state index contributed by atoms with van der Waals surface area (Å²) < 4.78 is 6.50. The van der Waals surface area contributed by atoms with Crippen LogP contribution in [0.25, 0.3) is 5.82 Å². The number of hydrogen-bond donors (Lipinski definition) is 2. The van der Waals surface area contributed by atoms with Crippen LogP contribution in [-0.4, -0.2) is 73.3 Å². The Labute approximate surface area is 195 Å². The smallest absolute Gasteiger partial charge is 0.338 e. The zero-order valence-electron chi connectivity index (χ0n) is 18.7. The number of esters is 1. The van der Waals surface area contributed by atoms with Crippen LogP contribution in [0.4, 0.5) is 0 Å². The summed E-state index contributed by atoms with van der Waals surface area (Å²) in [4.78, 5) is 30.9. The Morgan fingerprint density at radius 1 is 1.32 bits per heavy atom. The van der Waals surface area contributed by atoms with E-state index in [-0.39, 0.29) is 24.4 Å². The molecule has 34 heavy (non-hydrogen) atoms. The average molecular weight is 463 g/mol. The van der Waals surface area contributed by atoms with Gasteiger partial charge in [-0.2, -0.15) is 4.68 Å². The van der Waals surface area contributed by atoms with E-state index in [0.717, 1.165) is 36.2 Å². The average Bonchev–Trinajstić information content (AvgIpc) is 3.60. The Balaban J connectivity index is 1.14. The zero-order chi connectivity index (χ0) is 23.7. The van der Waals surface area contributed by atoms with Gasteiger partial charge in [-0.1, -0.05) is 12.1 Å². The Morgan fingerprint density at radius 3 is 3.03 bits per heavy atom. The van der Waals surface area contributed by atoms with Gasteiger partial charge in [0.25, 0.3) is 5.91 Å². The van der Waals surface area contributed by atoms with E-state index in [4.69, 9.17) is 4.74 Å². The quantitative estimate of drug-likeness (QED) is 0.488. The molecule has 1 aromatic carbocycles. The van der Waals surface area contributed by atoms with Crippen LogP contribution in [-0.2, 0) is 11.3 Å². The molecule has 11 nitrogen and oxygen atoms in total. The molecule has 4 heterocycles. The van der Waals surface area contributed by atoms with Crippen molar-refractivity contribution in [3.8, 4) is 5.82 Å². The summed E-state index contributed by atoms with van der Waals surface area (Å²) in [7, 11) is 0. The number of aliphatic hydroxyl groups excluding tert-OH is 1. The number of ether oxygens (including phenoxy) is 1. The number of nitrogens with one attached hydrogen (secondary N) is 1. The molecule has 1 amide bonds. The van der Waals surface area contributed by atoms with E-state index in [9.17, 15) is 14.7 Å². The van der Waals surface area contributed by atoms with Gasteiger partial charge in [0, 0.05) is 25.2 Å². The van der Waals surface area contributed by atoms with E-state index in [0.29, 0.717) is 30.2 Å². The third-order valence-electron chi connectivity index (χ3n) is 6.47. The summed E-state index contributed by atoms with van der Waals surface area (Å²) in [6, 6.07) is 8.66. The number of fused-ring (bicyclic) bond motifs is 1. The van der Waals surface area contributed by atoms with Gasteiger partial charge in [0.2, 0.25) is 0 Å². The largest absolute Gasteiger partial charge is 0.457 e. The van der Waals surface area contributed by atoms with Crippen LogP contribution in [0, 0.1) is 12.8 Å². The van der Waals surface area contributed by atoms with E-state index >= 15 is 0 Å². The van der Waals surface area contributed by atoms with Crippen molar-refractivity contribution in [2.45, 2.75) is 26.1 Å². The first-order chi connectivity index (χ1) is 16.5. The molecule has 0 aliphatic carbocycles. The summed E-state index contributed by atoms with van der Waals surface area (Å²) in [5.74, 6) is 0.197. The van der Waals surface area contributed by atoms with Crippen molar-refractivity contribution in [3.63, 3.8) is 0 Å². The van der Waals surface area contributed by atoms with Gasteiger partial charge in [-0.25, -0.2) is 9.78 Å². The Hall–Kier alpha value is -3.70. The first-order valence-corrected chi connectivity index (χ1v) is 11.2. The van der Waals surface area contributed by atoms with E-state index in [1.54, 1.807) is 24.3 Å². The van der Waals surface area contributed by atoms with Crippen molar-refractivity contribution in [3.05, 3.63) is 64.6 Å². The predicted molar refractivity (Wildman–Crippen MR) is 119 cm³/mol. The number of carbonyl (C=O) groups excluding carboxylic acids is 2. The highest BCUT2D eigenvalue weighted by molar-refractivity contribution is 5.94. The number of tetrazole rings is 1. The van der Waals surface area contributed by atoms with Crippen molar-refractivity contribution in [2.75, 3.05) is 26.2 Å². The highest BCUT2D eigenvalue weighted by atomic mass is 16.5. The third kappa shape index (κ3) is 4.39. The highest BCUT2D eigenvalue weighted by Crippen LogP contribution is 2.30. The number of amides is 1. The Bertz CT molecular complexity index is 1210. The van der Waals surface area contributed by atoms with E-state index in [1.165, 1.54) is 11.0 Å². The molecule has 176 valence electrons. The predicted octanol–water partition coefficient (Wildman–Crippen LogP) is 0.821. The molecule has 0 spiro atoms. The molecular weight excluding hydrogens is 438 g/mol. The SMILES string of the molecule is Cc1c([C@H](O)CN2CCC(CNC(=O)c3cccc(-n4cnnn4)n3)C2)ccc2c1COC2=O. The maximum Gasteiger partial charge on any atom is 0.338 e. The number of pyridine rings is 1. The molecule has 0 bridgehead atoms. The number of nitrogens with zero attached hydrogens (tertiary/aromatic N) is 6. The minimum Gasteiger partial charge on any atom is -0.457 e. The van der Waals surface area contributed by atoms with Crippen LogP contribution in [0.3, 0.4) is 0 Å². The summed E-state index contributed by atoms with van der Waals surface area (Å²) in [6.07, 6.45) is 1.69. The van der Waals surface area contributed by atoms with Gasteiger partial charge in [0.1, 0.15) is 18.6 Å². The molecular formula is C23H25N7O4. The van der Waals surface area contributed by atoms with Crippen LogP contribution in [0.5, 0.6) is 0 Å². The summed E-state index contributed by atoms with van der Waals surface area (Å²) in [5, 5.41) is 24.8. The lowest BCUT2D eigenvalue weighted by molar-refractivity contribution is 0.0534. The van der Waals surface area contributed by atoms with Gasteiger partial charge < -0.3 is 20.1 Å². The number of cyclic esters (lactones) is 1. The molecule has 2 N–H and O–H groups in total. The molecule has 11 heteroatoms. The fourth-order valence-corrected chi connectivity index (χ4v) is 4.59. The van der Waals surface area contributed by atoms with Crippen LogP contribution < -0.4 is 5.32 Å². The zero-order valence-corrected chi connectivity index (χ0v) is 18.7. The van der Waals surface area contributed by atoms with Gasteiger partial charge in [-0.3, -0.25) is 4.79 Å². The van der Waals surface area contributed by atoms with E-state index < -0.39 is 6.10 Å². The van der Waals surface area contributed by atoms with Crippen molar-refractivity contribution in [2.24, 2.45) is 5.92 Å². The lowest BCUT2D eigenvalue weighted by atomic mass is 9.95. The van der Waals surface area contributed by atoms with Gasteiger partial charge in [0.05, 0.1) is 11.7 Å². The number of rotatable bonds is 7. The van der Waals surface area contributed by atoms with Crippen LogP contribution in [0.15, 0.2) is 36.7 Å². The molecule has 2 aliphatic heterocycles.